The lowest BCUT2D eigenvalue weighted by molar-refractivity contribution is -0.384. The highest BCUT2D eigenvalue weighted by Gasteiger charge is 2.18. The molecule has 0 radical (unpaired) electrons. The van der Waals surface area contributed by atoms with Crippen molar-refractivity contribution in [3.05, 3.63) is 93.9 Å². The number of carbonyl (C=O) groups is 1. The topological polar surface area (TPSA) is 134 Å². The van der Waals surface area contributed by atoms with Crippen LogP contribution in [0.1, 0.15) is 28.7 Å². The third-order valence-corrected chi connectivity index (χ3v) is 5.00. The maximum absolute atomic E-state index is 12.7. The van der Waals surface area contributed by atoms with Crippen LogP contribution in [0, 0.1) is 17.0 Å². The summed E-state index contributed by atoms with van der Waals surface area (Å²) in [5.41, 5.74) is 1.71. The Morgan fingerprint density at radius 2 is 1.89 bits per heavy atom. The van der Waals surface area contributed by atoms with Crippen molar-refractivity contribution in [2.45, 2.75) is 20.4 Å². The molecule has 35 heavy (non-hydrogen) atoms. The first kappa shape index (κ1) is 23.4. The zero-order valence-corrected chi connectivity index (χ0v) is 19.0. The second kappa shape index (κ2) is 10.4. The summed E-state index contributed by atoms with van der Waals surface area (Å²) >= 11 is 0. The lowest BCUT2D eigenvalue weighted by Crippen LogP contribution is -2.24. The zero-order chi connectivity index (χ0) is 24.8. The van der Waals surface area contributed by atoms with Gasteiger partial charge in [0.25, 0.3) is 11.6 Å². The van der Waals surface area contributed by atoms with Gasteiger partial charge >= 0.3 is 0 Å². The first-order chi connectivity index (χ1) is 16.9. The summed E-state index contributed by atoms with van der Waals surface area (Å²) in [6.45, 7) is 4.38. The number of hydrogen-bond acceptors (Lipinski definition) is 8. The summed E-state index contributed by atoms with van der Waals surface area (Å²) in [4.78, 5) is 27.5. The molecule has 0 spiro atoms. The quantitative estimate of drug-likeness (QED) is 0.284. The third kappa shape index (κ3) is 5.58. The molecule has 0 bridgehead atoms. The van der Waals surface area contributed by atoms with E-state index in [4.69, 9.17) is 9.47 Å². The molecule has 2 aromatic carbocycles. The van der Waals surface area contributed by atoms with Gasteiger partial charge in [-0.15, -0.1) is 5.10 Å². The van der Waals surface area contributed by atoms with Gasteiger partial charge in [-0.05, 0) is 55.8 Å². The van der Waals surface area contributed by atoms with E-state index in [9.17, 15) is 14.9 Å². The number of nitrogens with zero attached hydrogens (tertiary/aromatic N) is 5. The van der Waals surface area contributed by atoms with E-state index in [2.05, 4.69) is 20.6 Å². The van der Waals surface area contributed by atoms with Crippen LogP contribution in [-0.4, -0.2) is 37.4 Å². The standard InChI is InChI=1S/C24H22N6O5/c1-3-34-20-7-9-21(10-8-20)35-22-13-17(11-12-25-22)15-26-24(31)23-16(2)29(28-27-23)18-5-4-6-19(14-18)30(32)33/h4-14H,3,15H2,1-2H3,(H,26,31). The number of carbonyl (C=O) groups excluding carboxylic acids is 1. The van der Waals surface area contributed by atoms with E-state index >= 15 is 0 Å². The number of ether oxygens (including phenoxy) is 2. The molecule has 178 valence electrons. The monoisotopic (exact) mass is 474 g/mol. The number of nitro groups is 1. The van der Waals surface area contributed by atoms with Crippen molar-refractivity contribution in [2.24, 2.45) is 0 Å². The zero-order valence-electron chi connectivity index (χ0n) is 19.0. The molecule has 0 saturated heterocycles. The summed E-state index contributed by atoms with van der Waals surface area (Å²) in [5, 5.41) is 21.8. The Hall–Kier alpha value is -4.80. The second-order valence-corrected chi connectivity index (χ2v) is 7.40. The molecule has 0 aliphatic carbocycles. The summed E-state index contributed by atoms with van der Waals surface area (Å²) in [6.07, 6.45) is 1.59. The van der Waals surface area contributed by atoms with Gasteiger partial charge in [0.1, 0.15) is 11.5 Å². The SMILES string of the molecule is CCOc1ccc(Oc2cc(CNC(=O)c3nnn(-c4cccc([N+](=O)[O-])c4)c3C)ccn2)cc1. The largest absolute Gasteiger partial charge is 0.494 e. The molecule has 0 aliphatic heterocycles. The van der Waals surface area contributed by atoms with Crippen LogP contribution in [0.4, 0.5) is 5.69 Å². The Bertz CT molecular complexity index is 1350. The van der Waals surface area contributed by atoms with E-state index in [-0.39, 0.29) is 17.9 Å². The maximum Gasteiger partial charge on any atom is 0.274 e. The van der Waals surface area contributed by atoms with Crippen LogP contribution in [0.2, 0.25) is 0 Å². The molecule has 11 heteroatoms. The average Bonchev–Trinajstić information content (AvgIpc) is 3.25. The number of pyridine rings is 1. The number of non-ortho nitro benzene ring substituents is 1. The van der Waals surface area contributed by atoms with E-state index in [0.717, 1.165) is 11.3 Å². The number of hydrogen-bond donors (Lipinski definition) is 1. The van der Waals surface area contributed by atoms with Gasteiger partial charge in [0.15, 0.2) is 5.69 Å². The first-order valence-electron chi connectivity index (χ1n) is 10.8. The smallest absolute Gasteiger partial charge is 0.274 e. The van der Waals surface area contributed by atoms with Crippen LogP contribution in [-0.2, 0) is 6.54 Å². The highest BCUT2D eigenvalue weighted by molar-refractivity contribution is 5.93. The second-order valence-electron chi connectivity index (χ2n) is 7.40. The molecule has 1 N–H and O–H groups in total. The van der Waals surface area contributed by atoms with Gasteiger partial charge in [-0.25, -0.2) is 9.67 Å². The first-order valence-corrected chi connectivity index (χ1v) is 10.8. The van der Waals surface area contributed by atoms with E-state index < -0.39 is 10.8 Å². The Morgan fingerprint density at radius 1 is 1.11 bits per heavy atom. The lowest BCUT2D eigenvalue weighted by atomic mass is 10.2. The fraction of sp³-hybridized carbons (Fsp3) is 0.167. The molecule has 0 atom stereocenters. The van der Waals surface area contributed by atoms with E-state index in [0.29, 0.717) is 29.6 Å². The van der Waals surface area contributed by atoms with Crippen LogP contribution in [0.15, 0.2) is 66.9 Å². The highest BCUT2D eigenvalue weighted by atomic mass is 16.6. The molecule has 1 amide bonds. The van der Waals surface area contributed by atoms with Crippen LogP contribution >= 0.6 is 0 Å². The minimum atomic E-state index is -0.494. The maximum atomic E-state index is 12.7. The number of amides is 1. The Kier molecular flexibility index (Phi) is 6.96. The number of nitrogens with one attached hydrogen (secondary N) is 1. The molecule has 2 aromatic heterocycles. The molecule has 0 aliphatic rings. The van der Waals surface area contributed by atoms with Gasteiger partial charge in [0.05, 0.1) is 22.9 Å². The fourth-order valence-electron chi connectivity index (χ4n) is 3.30. The Labute approximate surface area is 200 Å². The van der Waals surface area contributed by atoms with Gasteiger partial charge in [-0.3, -0.25) is 14.9 Å². The van der Waals surface area contributed by atoms with Gasteiger partial charge in [0.2, 0.25) is 5.88 Å². The fourth-order valence-corrected chi connectivity index (χ4v) is 3.30. The molecule has 0 saturated carbocycles. The summed E-state index contributed by atoms with van der Waals surface area (Å²) < 4.78 is 12.6. The van der Waals surface area contributed by atoms with Crippen molar-refractivity contribution in [1.82, 2.24) is 25.3 Å². The number of nitro benzene ring substituents is 1. The van der Waals surface area contributed by atoms with Crippen LogP contribution in [0.5, 0.6) is 17.4 Å². The molecule has 0 fully saturated rings. The summed E-state index contributed by atoms with van der Waals surface area (Å²) in [6, 6.07) is 16.6. The van der Waals surface area contributed by atoms with E-state index in [1.165, 1.54) is 16.8 Å². The lowest BCUT2D eigenvalue weighted by Gasteiger charge is -2.09. The van der Waals surface area contributed by atoms with E-state index in [1.54, 1.807) is 49.5 Å². The predicted molar refractivity (Wildman–Crippen MR) is 126 cm³/mol. The minimum absolute atomic E-state index is 0.0793. The van der Waals surface area contributed by atoms with Crippen molar-refractivity contribution < 1.29 is 19.2 Å². The molecule has 0 unspecified atom stereocenters. The van der Waals surface area contributed by atoms with Gasteiger partial charge in [-0.1, -0.05) is 11.3 Å². The average molecular weight is 474 g/mol. The number of aromatic nitrogens is 4. The summed E-state index contributed by atoms with van der Waals surface area (Å²) in [7, 11) is 0. The van der Waals surface area contributed by atoms with Gasteiger partial charge < -0.3 is 14.8 Å². The van der Waals surface area contributed by atoms with Crippen LogP contribution < -0.4 is 14.8 Å². The molecule has 2 heterocycles. The molecule has 11 nitrogen and oxygen atoms in total. The molecular formula is C24H22N6O5. The normalized spacial score (nSPS) is 10.6. The van der Waals surface area contributed by atoms with Crippen molar-refractivity contribution in [1.29, 1.82) is 0 Å². The minimum Gasteiger partial charge on any atom is -0.494 e. The summed E-state index contributed by atoms with van der Waals surface area (Å²) in [5.74, 6) is 1.32. The third-order valence-electron chi connectivity index (χ3n) is 5.00. The van der Waals surface area contributed by atoms with Crippen molar-refractivity contribution in [2.75, 3.05) is 6.61 Å². The predicted octanol–water partition coefficient (Wildman–Crippen LogP) is 4.00. The van der Waals surface area contributed by atoms with Gasteiger partial charge in [-0.2, -0.15) is 0 Å². The molecular weight excluding hydrogens is 452 g/mol. The van der Waals surface area contributed by atoms with Crippen LogP contribution in [0.25, 0.3) is 5.69 Å². The van der Waals surface area contributed by atoms with Crippen LogP contribution in [0.3, 0.4) is 0 Å². The number of benzene rings is 2. The molecule has 4 rings (SSSR count). The van der Waals surface area contributed by atoms with Crippen molar-refractivity contribution in [3.63, 3.8) is 0 Å². The number of rotatable bonds is 9. The van der Waals surface area contributed by atoms with Crippen molar-refractivity contribution in [3.8, 4) is 23.1 Å². The van der Waals surface area contributed by atoms with Crippen molar-refractivity contribution >= 4 is 11.6 Å². The molecule has 4 aromatic rings. The Balaban J connectivity index is 1.41. The highest BCUT2D eigenvalue weighted by Crippen LogP contribution is 2.23. The Morgan fingerprint density at radius 3 is 2.63 bits per heavy atom. The van der Waals surface area contributed by atoms with Gasteiger partial charge in [0, 0.05) is 30.9 Å². The van der Waals surface area contributed by atoms with E-state index in [1.807, 2.05) is 19.1 Å².